The number of carbonyl (C=O) groups excluding carboxylic acids is 1. The number of hydrogen-bond acceptors (Lipinski definition) is 5. The zero-order chi connectivity index (χ0) is 15.7. The molecule has 1 aliphatic carbocycles. The van der Waals surface area contributed by atoms with Crippen molar-refractivity contribution in [1.82, 2.24) is 0 Å². The molecule has 114 valence electrons. The van der Waals surface area contributed by atoms with Crippen molar-refractivity contribution in [2.75, 3.05) is 6.61 Å². The van der Waals surface area contributed by atoms with Crippen molar-refractivity contribution in [1.29, 1.82) is 0 Å². The number of benzene rings is 1. The first-order valence-corrected chi connectivity index (χ1v) is 7.05. The fourth-order valence-electron chi connectivity index (χ4n) is 2.60. The smallest absolute Gasteiger partial charge is 0.342 e. The van der Waals surface area contributed by atoms with Crippen LogP contribution in [0.15, 0.2) is 48.3 Å². The van der Waals surface area contributed by atoms with Gasteiger partial charge in [-0.25, -0.2) is 4.79 Å². The van der Waals surface area contributed by atoms with Gasteiger partial charge in [0.25, 0.3) is 0 Å². The lowest BCUT2D eigenvalue weighted by atomic mass is 9.96. The average molecular weight is 300 g/mol. The minimum absolute atomic E-state index is 0.138. The summed E-state index contributed by atoms with van der Waals surface area (Å²) in [6, 6.07) is 7.27. The normalized spacial score (nSPS) is 20.5. The Morgan fingerprint density at radius 3 is 2.82 bits per heavy atom. The highest BCUT2D eigenvalue weighted by Crippen LogP contribution is 2.24. The first-order valence-electron chi connectivity index (χ1n) is 7.05. The highest BCUT2D eigenvalue weighted by atomic mass is 16.6. The van der Waals surface area contributed by atoms with E-state index in [9.17, 15) is 15.0 Å². The van der Waals surface area contributed by atoms with Gasteiger partial charge in [0.2, 0.25) is 6.10 Å². The number of allylic oxidation sites excluding steroid dienone is 1. The Morgan fingerprint density at radius 2 is 2.09 bits per heavy atom. The molecule has 1 aromatic carbocycles. The van der Waals surface area contributed by atoms with Crippen LogP contribution < -0.4 is 10.4 Å². The van der Waals surface area contributed by atoms with Crippen molar-refractivity contribution in [3.05, 3.63) is 58.7 Å². The molecule has 2 N–H and O–H groups in total. The summed E-state index contributed by atoms with van der Waals surface area (Å²) in [5.41, 5.74) is 0.787. The molecule has 0 saturated heterocycles. The van der Waals surface area contributed by atoms with Crippen molar-refractivity contribution >= 4 is 17.3 Å². The molecular weight excluding hydrogens is 284 g/mol. The summed E-state index contributed by atoms with van der Waals surface area (Å²) in [4.78, 5) is 11.8. The van der Waals surface area contributed by atoms with E-state index in [1.165, 1.54) is 6.08 Å². The predicted octanol–water partition coefficient (Wildman–Crippen LogP) is 0.280. The van der Waals surface area contributed by atoms with Crippen LogP contribution in [0, 0.1) is 0 Å². The van der Waals surface area contributed by atoms with E-state index in [2.05, 4.69) is 0 Å². The van der Waals surface area contributed by atoms with Gasteiger partial charge in [0, 0.05) is 10.8 Å². The SMILES string of the molecule is CCOC(=O)C(O)C1=c2ccccc2=C2C=C(O)C=CC2O1. The topological polar surface area (TPSA) is 76.0 Å². The molecule has 1 aliphatic heterocycles. The summed E-state index contributed by atoms with van der Waals surface area (Å²) in [6.07, 6.45) is 2.90. The molecule has 5 nitrogen and oxygen atoms in total. The highest BCUT2D eigenvalue weighted by molar-refractivity contribution is 5.85. The predicted molar refractivity (Wildman–Crippen MR) is 79.9 cm³/mol. The van der Waals surface area contributed by atoms with Crippen LogP contribution >= 0.6 is 0 Å². The van der Waals surface area contributed by atoms with Crippen LogP contribution in [-0.4, -0.2) is 35.0 Å². The van der Waals surface area contributed by atoms with Gasteiger partial charge in [-0.1, -0.05) is 24.3 Å². The Bertz CT molecular complexity index is 788. The van der Waals surface area contributed by atoms with E-state index in [-0.39, 0.29) is 18.1 Å². The maximum atomic E-state index is 11.8. The molecule has 0 aromatic heterocycles. The Hall–Kier alpha value is -2.53. The number of esters is 1. The fraction of sp³-hybridized carbons (Fsp3) is 0.235. The molecule has 5 heteroatoms. The zero-order valence-electron chi connectivity index (χ0n) is 12.0. The molecule has 0 saturated carbocycles. The number of ether oxygens (including phenoxy) is 2. The summed E-state index contributed by atoms with van der Waals surface area (Å²) in [6.45, 7) is 1.86. The summed E-state index contributed by atoms with van der Waals surface area (Å²) in [5, 5.41) is 21.3. The third-order valence-corrected chi connectivity index (χ3v) is 3.57. The molecule has 1 aromatic rings. The summed E-state index contributed by atoms with van der Waals surface area (Å²) in [5.74, 6) is -0.435. The molecule has 22 heavy (non-hydrogen) atoms. The van der Waals surface area contributed by atoms with Crippen LogP contribution in [0.1, 0.15) is 6.92 Å². The minimum atomic E-state index is -1.48. The lowest BCUT2D eigenvalue weighted by Gasteiger charge is -2.27. The maximum absolute atomic E-state index is 11.8. The van der Waals surface area contributed by atoms with Crippen LogP contribution in [0.4, 0.5) is 0 Å². The highest BCUT2D eigenvalue weighted by Gasteiger charge is 2.30. The largest absolute Gasteiger partial charge is 0.508 e. The molecule has 3 rings (SSSR count). The van der Waals surface area contributed by atoms with Crippen molar-refractivity contribution < 1.29 is 24.5 Å². The third-order valence-electron chi connectivity index (χ3n) is 3.57. The van der Waals surface area contributed by atoms with Crippen molar-refractivity contribution in [3.63, 3.8) is 0 Å². The zero-order valence-corrected chi connectivity index (χ0v) is 12.0. The molecule has 1 heterocycles. The van der Waals surface area contributed by atoms with Gasteiger partial charge in [-0.15, -0.1) is 0 Å². The Labute approximate surface area is 127 Å². The quantitative estimate of drug-likeness (QED) is 0.784. The van der Waals surface area contributed by atoms with Gasteiger partial charge in [-0.05, 0) is 30.4 Å². The van der Waals surface area contributed by atoms with E-state index >= 15 is 0 Å². The first-order chi connectivity index (χ1) is 10.6. The van der Waals surface area contributed by atoms with Crippen molar-refractivity contribution in [2.45, 2.75) is 19.1 Å². The van der Waals surface area contributed by atoms with Gasteiger partial charge in [0.1, 0.15) is 17.6 Å². The van der Waals surface area contributed by atoms with Gasteiger partial charge in [-0.3, -0.25) is 0 Å². The number of hydrogen-bond donors (Lipinski definition) is 2. The molecule has 0 bridgehead atoms. The van der Waals surface area contributed by atoms with E-state index < -0.39 is 18.2 Å². The van der Waals surface area contributed by atoms with Gasteiger partial charge in [0.15, 0.2) is 0 Å². The van der Waals surface area contributed by atoms with Gasteiger partial charge >= 0.3 is 5.97 Å². The van der Waals surface area contributed by atoms with E-state index in [1.807, 2.05) is 12.1 Å². The minimum Gasteiger partial charge on any atom is -0.508 e. The lowest BCUT2D eigenvalue weighted by Crippen LogP contribution is -2.43. The average Bonchev–Trinajstić information content (AvgIpc) is 2.54. The summed E-state index contributed by atoms with van der Waals surface area (Å²) in [7, 11) is 0. The number of rotatable bonds is 3. The molecule has 0 fully saturated rings. The van der Waals surface area contributed by atoms with E-state index in [4.69, 9.17) is 9.47 Å². The van der Waals surface area contributed by atoms with Gasteiger partial charge in [0.05, 0.1) is 6.61 Å². The van der Waals surface area contributed by atoms with Crippen LogP contribution in [0.3, 0.4) is 0 Å². The number of carbonyl (C=O) groups is 1. The maximum Gasteiger partial charge on any atom is 0.342 e. The fourth-order valence-corrected chi connectivity index (χ4v) is 2.60. The van der Waals surface area contributed by atoms with Gasteiger partial charge < -0.3 is 19.7 Å². The van der Waals surface area contributed by atoms with Crippen molar-refractivity contribution in [2.24, 2.45) is 0 Å². The standard InChI is InChI=1S/C17H16O5/c1-2-21-17(20)15(19)16-12-6-4-3-5-11(12)13-9-10(18)7-8-14(13)22-16/h3-9,14-15,18-19H,2H2,1H3. The van der Waals surface area contributed by atoms with Crippen LogP contribution in [0.25, 0.3) is 11.3 Å². The Kier molecular flexibility index (Phi) is 3.73. The number of aliphatic hydroxyl groups excluding tert-OH is 2. The monoisotopic (exact) mass is 300 g/mol. The molecule has 0 spiro atoms. The van der Waals surface area contributed by atoms with Crippen molar-refractivity contribution in [3.8, 4) is 0 Å². The summed E-state index contributed by atoms with van der Waals surface area (Å²) >= 11 is 0. The summed E-state index contributed by atoms with van der Waals surface area (Å²) < 4.78 is 10.6. The molecule has 2 unspecified atom stereocenters. The number of aliphatic hydroxyl groups is 2. The molecule has 0 radical (unpaired) electrons. The van der Waals surface area contributed by atoms with E-state index in [0.717, 1.165) is 10.8 Å². The molecular formula is C17H16O5. The Balaban J connectivity index is 2.21. The lowest BCUT2D eigenvalue weighted by molar-refractivity contribution is -0.151. The first kappa shape index (κ1) is 14.4. The van der Waals surface area contributed by atoms with Crippen LogP contribution in [-0.2, 0) is 14.3 Å². The third kappa shape index (κ3) is 2.40. The van der Waals surface area contributed by atoms with Gasteiger partial charge in [-0.2, -0.15) is 0 Å². The molecule has 0 amide bonds. The Morgan fingerprint density at radius 1 is 1.36 bits per heavy atom. The second-order valence-corrected chi connectivity index (χ2v) is 4.99. The van der Waals surface area contributed by atoms with E-state index in [0.29, 0.717) is 5.22 Å². The van der Waals surface area contributed by atoms with Crippen LogP contribution in [0.2, 0.25) is 0 Å². The number of fused-ring (bicyclic) bond motifs is 2. The second-order valence-electron chi connectivity index (χ2n) is 4.99. The second kappa shape index (κ2) is 5.69. The molecule has 2 aliphatic rings. The van der Waals surface area contributed by atoms with E-state index in [1.54, 1.807) is 31.2 Å². The van der Waals surface area contributed by atoms with Crippen LogP contribution in [0.5, 0.6) is 0 Å². The molecule has 2 atom stereocenters.